The summed E-state index contributed by atoms with van der Waals surface area (Å²) in [6.07, 6.45) is 1.16. The number of halogens is 1. The van der Waals surface area contributed by atoms with Gasteiger partial charge >= 0.3 is 0 Å². The molecular formula is C9H9FOV. The van der Waals surface area contributed by atoms with Crippen LogP contribution in [0.1, 0.15) is 23.7 Å². The van der Waals surface area contributed by atoms with Crippen LogP contribution in [0.4, 0.5) is 4.39 Å². The van der Waals surface area contributed by atoms with Gasteiger partial charge in [0.25, 0.3) is 0 Å². The van der Waals surface area contributed by atoms with E-state index in [-0.39, 0.29) is 30.5 Å². The van der Waals surface area contributed by atoms with E-state index in [1.165, 1.54) is 12.1 Å². The molecule has 12 heavy (non-hydrogen) atoms. The third-order valence-electron chi connectivity index (χ3n) is 2.15. The number of fused-ring (bicyclic) bond motifs is 1. The molecule has 0 aliphatic heterocycles. The minimum absolute atomic E-state index is 0. The Morgan fingerprint density at radius 2 is 2.17 bits per heavy atom. The first kappa shape index (κ1) is 9.78. The summed E-state index contributed by atoms with van der Waals surface area (Å²) in [4.78, 5) is 0. The van der Waals surface area contributed by atoms with Gasteiger partial charge in [-0.3, -0.25) is 0 Å². The maximum Gasteiger partial charge on any atom is 0.123 e. The third kappa shape index (κ3) is 1.56. The molecular weight excluding hydrogens is 194 g/mol. The average molecular weight is 203 g/mol. The Morgan fingerprint density at radius 3 is 2.92 bits per heavy atom. The van der Waals surface area contributed by atoms with E-state index in [0.29, 0.717) is 0 Å². The van der Waals surface area contributed by atoms with E-state index < -0.39 is 0 Å². The van der Waals surface area contributed by atoms with Gasteiger partial charge in [0.15, 0.2) is 0 Å². The third-order valence-corrected chi connectivity index (χ3v) is 2.15. The van der Waals surface area contributed by atoms with Gasteiger partial charge < -0.3 is 5.11 Å². The van der Waals surface area contributed by atoms with Gasteiger partial charge in [0, 0.05) is 18.6 Å². The van der Waals surface area contributed by atoms with Gasteiger partial charge in [-0.25, -0.2) is 4.39 Å². The fourth-order valence-electron chi connectivity index (χ4n) is 1.56. The maximum absolute atomic E-state index is 12.6. The van der Waals surface area contributed by atoms with Crippen molar-refractivity contribution in [3.8, 4) is 0 Å². The van der Waals surface area contributed by atoms with Gasteiger partial charge in [-0.1, -0.05) is 6.07 Å². The molecule has 1 atom stereocenters. The minimum Gasteiger partial charge on any atom is -0.388 e. The van der Waals surface area contributed by atoms with Crippen LogP contribution in [0.3, 0.4) is 0 Å². The van der Waals surface area contributed by atoms with Crippen molar-refractivity contribution < 1.29 is 28.1 Å². The summed E-state index contributed by atoms with van der Waals surface area (Å²) in [7, 11) is 0. The van der Waals surface area contributed by atoms with Crippen LogP contribution in [0.25, 0.3) is 0 Å². The minimum atomic E-state index is -0.370. The van der Waals surface area contributed by atoms with Crippen molar-refractivity contribution in [3.05, 3.63) is 35.1 Å². The summed E-state index contributed by atoms with van der Waals surface area (Å²) < 4.78 is 12.6. The van der Waals surface area contributed by atoms with Crippen LogP contribution in [0.2, 0.25) is 0 Å². The monoisotopic (exact) mass is 203 g/mol. The second-order valence-electron chi connectivity index (χ2n) is 2.90. The van der Waals surface area contributed by atoms with Crippen molar-refractivity contribution in [1.29, 1.82) is 0 Å². The number of aliphatic hydroxyl groups excluding tert-OH is 1. The Morgan fingerprint density at radius 1 is 1.42 bits per heavy atom. The maximum atomic E-state index is 12.6. The van der Waals surface area contributed by atoms with E-state index >= 15 is 0 Å². The summed E-state index contributed by atoms with van der Waals surface area (Å²) >= 11 is 0. The van der Waals surface area contributed by atoms with Crippen molar-refractivity contribution >= 4 is 0 Å². The second kappa shape index (κ2) is 3.61. The zero-order valence-corrected chi connectivity index (χ0v) is 7.89. The number of hydrogen-bond acceptors (Lipinski definition) is 1. The van der Waals surface area contributed by atoms with E-state index in [2.05, 4.69) is 0 Å². The molecule has 1 nitrogen and oxygen atoms in total. The number of rotatable bonds is 0. The molecule has 1 unspecified atom stereocenters. The summed E-state index contributed by atoms with van der Waals surface area (Å²) in [5.41, 5.74) is 1.85. The Labute approximate surface area is 82.5 Å². The van der Waals surface area contributed by atoms with Crippen LogP contribution in [0.15, 0.2) is 18.2 Å². The van der Waals surface area contributed by atoms with Gasteiger partial charge in [0.05, 0.1) is 6.10 Å². The van der Waals surface area contributed by atoms with E-state index in [4.69, 9.17) is 0 Å². The molecule has 0 saturated heterocycles. The fourth-order valence-corrected chi connectivity index (χ4v) is 1.56. The van der Waals surface area contributed by atoms with Crippen LogP contribution in [-0.2, 0) is 25.0 Å². The first-order chi connectivity index (χ1) is 5.27. The molecule has 1 aliphatic rings. The molecule has 3 heteroatoms. The van der Waals surface area contributed by atoms with Crippen LogP contribution >= 0.6 is 0 Å². The van der Waals surface area contributed by atoms with Gasteiger partial charge in [0.2, 0.25) is 0 Å². The van der Waals surface area contributed by atoms with Crippen molar-refractivity contribution in [3.63, 3.8) is 0 Å². The molecule has 63 valence electrons. The summed E-state index contributed by atoms with van der Waals surface area (Å²) in [5, 5.41) is 9.35. The summed E-state index contributed by atoms with van der Waals surface area (Å²) in [6.45, 7) is 0. The predicted octanol–water partition coefficient (Wildman–Crippen LogP) is 1.80. The molecule has 1 aliphatic carbocycles. The van der Waals surface area contributed by atoms with E-state index in [9.17, 15) is 9.50 Å². The Kier molecular flexibility index (Phi) is 2.94. The average Bonchev–Trinajstić information content (AvgIpc) is 2.32. The van der Waals surface area contributed by atoms with Crippen LogP contribution < -0.4 is 0 Å². The number of benzene rings is 1. The standard InChI is InChI=1S/C9H9FO.V/c10-7-2-3-8-6(5-7)1-4-9(8)11;/h2-3,5,9,11H,1,4H2;. The normalized spacial score (nSPS) is 20.0. The molecule has 1 N–H and O–H groups in total. The Balaban J connectivity index is 0.000000720. The van der Waals surface area contributed by atoms with E-state index in [1.54, 1.807) is 6.07 Å². The van der Waals surface area contributed by atoms with Gasteiger partial charge in [-0.15, -0.1) is 0 Å². The molecule has 0 fully saturated rings. The second-order valence-corrected chi connectivity index (χ2v) is 2.90. The molecule has 0 amide bonds. The van der Waals surface area contributed by atoms with Gasteiger partial charge in [-0.2, -0.15) is 0 Å². The van der Waals surface area contributed by atoms with Gasteiger partial charge in [-0.05, 0) is 36.1 Å². The van der Waals surface area contributed by atoms with Gasteiger partial charge in [0.1, 0.15) is 5.82 Å². The smallest absolute Gasteiger partial charge is 0.123 e. The Hall–Kier alpha value is -0.306. The van der Waals surface area contributed by atoms with Crippen molar-refractivity contribution in [2.75, 3.05) is 0 Å². The zero-order valence-electron chi connectivity index (χ0n) is 6.50. The topological polar surface area (TPSA) is 20.2 Å². The fraction of sp³-hybridized carbons (Fsp3) is 0.333. The number of aryl methyl sites for hydroxylation is 1. The van der Waals surface area contributed by atoms with Crippen molar-refractivity contribution in [1.82, 2.24) is 0 Å². The molecule has 0 heterocycles. The molecule has 0 aromatic heterocycles. The first-order valence-corrected chi connectivity index (χ1v) is 3.74. The predicted molar refractivity (Wildman–Crippen MR) is 39.7 cm³/mol. The molecule has 0 spiro atoms. The van der Waals surface area contributed by atoms with Crippen LogP contribution in [0, 0.1) is 5.82 Å². The first-order valence-electron chi connectivity index (χ1n) is 3.74. The number of hydrogen-bond donors (Lipinski definition) is 1. The molecule has 1 aromatic rings. The largest absolute Gasteiger partial charge is 0.388 e. The summed E-state index contributed by atoms with van der Waals surface area (Å²) in [6, 6.07) is 4.57. The quantitative estimate of drug-likeness (QED) is 0.681. The SMILES string of the molecule is OC1CCc2cc(F)ccc21.[V]. The van der Waals surface area contributed by atoms with E-state index in [1.807, 2.05) is 0 Å². The molecule has 1 radical (unpaired) electrons. The zero-order chi connectivity index (χ0) is 7.84. The van der Waals surface area contributed by atoms with Crippen LogP contribution in [-0.4, -0.2) is 5.11 Å². The summed E-state index contributed by atoms with van der Waals surface area (Å²) in [5.74, 6) is -0.210. The van der Waals surface area contributed by atoms with Crippen molar-refractivity contribution in [2.45, 2.75) is 18.9 Å². The molecule has 2 rings (SSSR count). The molecule has 0 bridgehead atoms. The van der Waals surface area contributed by atoms with E-state index in [0.717, 1.165) is 24.0 Å². The molecule has 0 saturated carbocycles. The molecule has 1 aromatic carbocycles. The Bertz CT molecular complexity index is 288. The number of aliphatic hydroxyl groups is 1. The van der Waals surface area contributed by atoms with Crippen molar-refractivity contribution in [2.24, 2.45) is 0 Å². The van der Waals surface area contributed by atoms with Crippen LogP contribution in [0.5, 0.6) is 0 Å².